The fourth-order valence-corrected chi connectivity index (χ4v) is 4.71. The molecule has 0 aliphatic carbocycles. The number of rotatable bonds is 2. The zero-order valence-corrected chi connectivity index (χ0v) is 20.1. The summed E-state index contributed by atoms with van der Waals surface area (Å²) < 4.78 is 64.6. The molecule has 2 atom stereocenters. The van der Waals surface area contributed by atoms with E-state index in [0.29, 0.717) is 48.3 Å². The molecule has 0 spiro atoms. The van der Waals surface area contributed by atoms with Crippen LogP contribution in [-0.4, -0.2) is 10.2 Å². The minimum atomic E-state index is -0.595. The van der Waals surface area contributed by atoms with Crippen LogP contribution >= 0.6 is 0 Å². The molecule has 0 saturated carbocycles. The van der Waals surface area contributed by atoms with Crippen LogP contribution in [0.5, 0.6) is 23.0 Å². The van der Waals surface area contributed by atoms with Gasteiger partial charge in [0.15, 0.2) is 0 Å². The highest BCUT2D eigenvalue weighted by Crippen LogP contribution is 2.38. The maximum absolute atomic E-state index is 13.7. The molecule has 196 valence electrons. The average Bonchev–Trinajstić information content (AvgIpc) is 2.89. The van der Waals surface area contributed by atoms with Crippen LogP contribution in [0.1, 0.15) is 47.3 Å². The lowest BCUT2D eigenvalue weighted by atomic mass is 9.97. The Balaban J connectivity index is 0.000000155. The molecule has 4 aromatic carbocycles. The third kappa shape index (κ3) is 5.54. The maximum atomic E-state index is 13.7. The van der Waals surface area contributed by atoms with E-state index < -0.39 is 35.5 Å². The first-order valence-electron chi connectivity index (χ1n) is 12.1. The quantitative estimate of drug-likeness (QED) is 0.267. The number of phenolic OH excluding ortho intramolecular Hbond substituents is 2. The molecule has 2 N–H and O–H groups in total. The molecule has 4 aromatic rings. The molecule has 0 radical (unpaired) electrons. The Morgan fingerprint density at radius 3 is 1.37 bits per heavy atom. The van der Waals surface area contributed by atoms with E-state index >= 15 is 0 Å². The van der Waals surface area contributed by atoms with Crippen LogP contribution in [0.3, 0.4) is 0 Å². The molecule has 2 heterocycles. The lowest BCUT2D eigenvalue weighted by Crippen LogP contribution is -2.16. The summed E-state index contributed by atoms with van der Waals surface area (Å²) in [6.07, 6.45) is 1.73. The Morgan fingerprint density at radius 2 is 0.974 bits per heavy atom. The van der Waals surface area contributed by atoms with Gasteiger partial charge in [0.2, 0.25) is 0 Å². The second-order valence-electron chi connectivity index (χ2n) is 9.21. The van der Waals surface area contributed by atoms with Gasteiger partial charge in [0.25, 0.3) is 0 Å². The smallest absolute Gasteiger partial charge is 0.133 e. The molecule has 0 aromatic heterocycles. The van der Waals surface area contributed by atoms with Gasteiger partial charge in [-0.1, -0.05) is 0 Å². The van der Waals surface area contributed by atoms with Gasteiger partial charge in [-0.2, -0.15) is 0 Å². The van der Waals surface area contributed by atoms with Gasteiger partial charge in [-0.25, -0.2) is 17.6 Å². The summed E-state index contributed by atoms with van der Waals surface area (Å²) in [6.45, 7) is 0. The van der Waals surface area contributed by atoms with Crippen molar-refractivity contribution in [2.45, 2.75) is 37.9 Å². The van der Waals surface area contributed by atoms with Gasteiger partial charge < -0.3 is 19.7 Å². The SMILES string of the molecule is Oc1ccc2c(c1)CCC(c1ccc(F)cc1F)O2.Oc1ccc2c(c1)CCC(c1ccc(F)cc1F)O2. The highest BCUT2D eigenvalue weighted by Gasteiger charge is 2.25. The van der Waals surface area contributed by atoms with E-state index in [1.54, 1.807) is 24.3 Å². The van der Waals surface area contributed by atoms with Crippen LogP contribution in [-0.2, 0) is 12.8 Å². The maximum Gasteiger partial charge on any atom is 0.133 e. The molecule has 6 rings (SSSR count). The number of ether oxygens (including phenoxy) is 2. The van der Waals surface area contributed by atoms with Gasteiger partial charge in [-0.05, 0) is 97.5 Å². The number of hydrogen-bond donors (Lipinski definition) is 2. The van der Waals surface area contributed by atoms with Crippen molar-refractivity contribution in [3.63, 3.8) is 0 Å². The van der Waals surface area contributed by atoms with E-state index in [0.717, 1.165) is 23.3 Å². The Kier molecular flexibility index (Phi) is 7.13. The first kappa shape index (κ1) is 25.4. The molecule has 2 aliphatic heterocycles. The lowest BCUT2D eigenvalue weighted by molar-refractivity contribution is 0.171. The first-order chi connectivity index (χ1) is 18.3. The standard InChI is InChI=1S/2C15H12F2O2/c2*16-10-2-4-12(13(17)8-10)15-5-1-9-7-11(18)3-6-14(9)19-15/h2*2-4,6-8,15,18H,1,5H2. The summed E-state index contributed by atoms with van der Waals surface area (Å²) >= 11 is 0. The van der Waals surface area contributed by atoms with Crippen LogP contribution in [0.2, 0.25) is 0 Å². The highest BCUT2D eigenvalue weighted by atomic mass is 19.1. The zero-order chi connectivity index (χ0) is 26.8. The van der Waals surface area contributed by atoms with Crippen molar-refractivity contribution in [1.82, 2.24) is 0 Å². The summed E-state index contributed by atoms with van der Waals surface area (Å²) in [5, 5.41) is 18.8. The predicted octanol–water partition coefficient (Wildman–Crippen LogP) is 7.47. The lowest BCUT2D eigenvalue weighted by Gasteiger charge is -2.26. The van der Waals surface area contributed by atoms with E-state index in [2.05, 4.69) is 0 Å². The van der Waals surface area contributed by atoms with Crippen LogP contribution < -0.4 is 9.47 Å². The number of hydrogen-bond acceptors (Lipinski definition) is 4. The number of benzene rings is 4. The Morgan fingerprint density at radius 1 is 0.553 bits per heavy atom. The Labute approximate surface area is 216 Å². The van der Waals surface area contributed by atoms with E-state index in [-0.39, 0.29) is 11.5 Å². The normalized spacial score (nSPS) is 17.7. The molecule has 0 fully saturated rings. The summed E-state index contributed by atoms with van der Waals surface area (Å²) in [4.78, 5) is 0. The molecule has 8 heteroatoms. The third-order valence-corrected chi connectivity index (χ3v) is 6.60. The van der Waals surface area contributed by atoms with Gasteiger partial charge in [-0.15, -0.1) is 0 Å². The largest absolute Gasteiger partial charge is 0.508 e. The summed E-state index contributed by atoms with van der Waals surface area (Å²) in [5.41, 5.74) is 2.53. The molecule has 2 aliphatic rings. The average molecular weight is 525 g/mol. The number of aromatic hydroxyl groups is 2. The predicted molar refractivity (Wildman–Crippen MR) is 132 cm³/mol. The van der Waals surface area contributed by atoms with Crippen LogP contribution in [0.4, 0.5) is 17.6 Å². The minimum absolute atomic E-state index is 0.189. The summed E-state index contributed by atoms with van der Waals surface area (Å²) in [6, 6.07) is 16.7. The number of halogens is 4. The van der Waals surface area contributed by atoms with Crippen molar-refractivity contribution in [3.8, 4) is 23.0 Å². The van der Waals surface area contributed by atoms with Crippen LogP contribution in [0.15, 0.2) is 72.8 Å². The van der Waals surface area contributed by atoms with Crippen molar-refractivity contribution < 1.29 is 37.2 Å². The van der Waals surface area contributed by atoms with E-state index in [9.17, 15) is 27.8 Å². The highest BCUT2D eigenvalue weighted by molar-refractivity contribution is 5.43. The molecule has 0 bridgehead atoms. The molecular formula is C30H24F4O4. The first-order valence-corrected chi connectivity index (χ1v) is 12.1. The fourth-order valence-electron chi connectivity index (χ4n) is 4.71. The number of phenols is 2. The van der Waals surface area contributed by atoms with Gasteiger partial charge >= 0.3 is 0 Å². The van der Waals surface area contributed by atoms with Crippen LogP contribution in [0.25, 0.3) is 0 Å². The van der Waals surface area contributed by atoms with Crippen molar-refractivity contribution >= 4 is 0 Å². The number of fused-ring (bicyclic) bond motifs is 2. The third-order valence-electron chi connectivity index (χ3n) is 6.60. The minimum Gasteiger partial charge on any atom is -0.508 e. The molecular weight excluding hydrogens is 500 g/mol. The van der Waals surface area contributed by atoms with Gasteiger partial charge in [0, 0.05) is 23.3 Å². The summed E-state index contributed by atoms with van der Waals surface area (Å²) in [7, 11) is 0. The molecule has 38 heavy (non-hydrogen) atoms. The van der Waals surface area contributed by atoms with Gasteiger partial charge in [0.1, 0.15) is 58.5 Å². The fraction of sp³-hybridized carbons (Fsp3) is 0.200. The van der Waals surface area contributed by atoms with Crippen molar-refractivity contribution in [1.29, 1.82) is 0 Å². The second kappa shape index (κ2) is 10.7. The van der Waals surface area contributed by atoms with E-state index in [1.807, 2.05) is 0 Å². The van der Waals surface area contributed by atoms with Crippen LogP contribution in [0, 0.1) is 23.3 Å². The Hall–Kier alpha value is -4.20. The monoisotopic (exact) mass is 524 g/mol. The molecule has 0 amide bonds. The summed E-state index contributed by atoms with van der Waals surface area (Å²) in [5.74, 6) is -0.720. The van der Waals surface area contributed by atoms with E-state index in [1.165, 1.54) is 36.4 Å². The van der Waals surface area contributed by atoms with Gasteiger partial charge in [0.05, 0.1) is 0 Å². The number of aryl methyl sites for hydroxylation is 2. The topological polar surface area (TPSA) is 58.9 Å². The van der Waals surface area contributed by atoms with Crippen molar-refractivity contribution in [2.24, 2.45) is 0 Å². The molecule has 2 unspecified atom stereocenters. The Bertz CT molecular complexity index is 1360. The van der Waals surface area contributed by atoms with Gasteiger partial charge in [-0.3, -0.25) is 0 Å². The van der Waals surface area contributed by atoms with Crippen molar-refractivity contribution in [2.75, 3.05) is 0 Å². The molecule has 0 saturated heterocycles. The van der Waals surface area contributed by atoms with E-state index in [4.69, 9.17) is 9.47 Å². The molecule has 4 nitrogen and oxygen atoms in total. The van der Waals surface area contributed by atoms with Crippen molar-refractivity contribution in [3.05, 3.63) is 118 Å². The second-order valence-corrected chi connectivity index (χ2v) is 9.21. The zero-order valence-electron chi connectivity index (χ0n) is 20.1.